The third-order valence-electron chi connectivity index (χ3n) is 7.50. The van der Waals surface area contributed by atoms with Crippen LogP contribution in [0.5, 0.6) is 5.75 Å². The number of amides is 1. The molecule has 0 radical (unpaired) electrons. The van der Waals surface area contributed by atoms with Gasteiger partial charge >= 0.3 is 6.09 Å². The number of anilines is 1. The van der Waals surface area contributed by atoms with Crippen molar-refractivity contribution >= 4 is 11.9 Å². The number of aryl methyl sites for hydroxylation is 1. The topological polar surface area (TPSA) is 89.9 Å². The molecule has 1 aliphatic heterocycles. The minimum atomic E-state index is -0.542. The summed E-state index contributed by atoms with van der Waals surface area (Å²) in [4.78, 5) is 21.5. The van der Waals surface area contributed by atoms with Gasteiger partial charge in [-0.25, -0.2) is 9.18 Å². The Balaban J connectivity index is 1.35. The summed E-state index contributed by atoms with van der Waals surface area (Å²) >= 11 is 0. The summed E-state index contributed by atoms with van der Waals surface area (Å²) in [5.41, 5.74) is 2.28. The lowest BCUT2D eigenvalue weighted by Crippen LogP contribution is -2.52. The van der Waals surface area contributed by atoms with Gasteiger partial charge in [0.15, 0.2) is 12.6 Å². The third kappa shape index (κ3) is 6.59. The standard InChI is InChI=1S/C31H38FN5O4/c1-20-9-10-21(17-33-20)24-16-28(40-19-39-5)25(15-26(24)32)27-11-12-29(35-34-27)36-14-13-23(18-36)37(22-7-6-8-22)30(38)41-31(2,3)4/h9-12,15-17,22-23H,6-8,13-14,18-19H2,1-5H3/t23-/m0/s1. The highest BCUT2D eigenvalue weighted by Crippen LogP contribution is 2.37. The smallest absolute Gasteiger partial charge is 0.410 e. The molecule has 2 aliphatic rings. The SMILES string of the molecule is COCOc1cc(-c2ccc(C)nc2)c(F)cc1-c1ccc(N2CC[C@H](N(C(=O)OC(C)(C)C)C3CCC3)C2)nn1. The van der Waals surface area contributed by atoms with Crippen molar-refractivity contribution in [2.45, 2.75) is 71.1 Å². The summed E-state index contributed by atoms with van der Waals surface area (Å²) in [7, 11) is 1.53. The number of methoxy groups -OCH3 is 1. The first kappa shape index (κ1) is 28.7. The molecule has 2 aromatic heterocycles. The zero-order valence-electron chi connectivity index (χ0n) is 24.4. The van der Waals surface area contributed by atoms with Gasteiger partial charge in [0.2, 0.25) is 0 Å². The van der Waals surface area contributed by atoms with Gasteiger partial charge in [-0.3, -0.25) is 4.98 Å². The monoisotopic (exact) mass is 563 g/mol. The van der Waals surface area contributed by atoms with E-state index in [0.29, 0.717) is 40.5 Å². The quantitative estimate of drug-likeness (QED) is 0.308. The Morgan fingerprint density at radius 1 is 1.07 bits per heavy atom. The number of hydrogen-bond donors (Lipinski definition) is 0. The first-order valence-electron chi connectivity index (χ1n) is 14.1. The second-order valence-corrected chi connectivity index (χ2v) is 11.7. The molecule has 1 saturated heterocycles. The average Bonchev–Trinajstić information content (AvgIpc) is 3.39. The van der Waals surface area contributed by atoms with Crippen LogP contribution in [0.2, 0.25) is 0 Å². The van der Waals surface area contributed by atoms with E-state index in [4.69, 9.17) is 14.2 Å². The van der Waals surface area contributed by atoms with Crippen LogP contribution < -0.4 is 9.64 Å². The second kappa shape index (κ2) is 12.0. The Hall–Kier alpha value is -3.79. The van der Waals surface area contributed by atoms with Gasteiger partial charge in [-0.1, -0.05) is 6.07 Å². The Kier molecular flexibility index (Phi) is 8.40. The largest absolute Gasteiger partial charge is 0.467 e. The first-order valence-corrected chi connectivity index (χ1v) is 14.1. The third-order valence-corrected chi connectivity index (χ3v) is 7.50. The van der Waals surface area contributed by atoms with Crippen LogP contribution in [-0.4, -0.2) is 70.9 Å². The van der Waals surface area contributed by atoms with Gasteiger partial charge in [-0.05, 0) is 83.7 Å². The molecule has 9 nitrogen and oxygen atoms in total. The molecule has 0 N–H and O–H groups in total. The van der Waals surface area contributed by atoms with Gasteiger partial charge in [0.05, 0.1) is 11.7 Å². The predicted octanol–water partition coefficient (Wildman–Crippen LogP) is 6.00. The highest BCUT2D eigenvalue weighted by atomic mass is 19.1. The maximum Gasteiger partial charge on any atom is 0.410 e. The fourth-order valence-electron chi connectivity index (χ4n) is 5.23. The van der Waals surface area contributed by atoms with E-state index in [1.54, 1.807) is 12.3 Å². The molecule has 41 heavy (non-hydrogen) atoms. The van der Waals surface area contributed by atoms with E-state index >= 15 is 4.39 Å². The molecule has 5 rings (SSSR count). The first-order chi connectivity index (χ1) is 19.6. The second-order valence-electron chi connectivity index (χ2n) is 11.7. The van der Waals surface area contributed by atoms with Gasteiger partial charge in [0.25, 0.3) is 0 Å². The number of nitrogens with zero attached hydrogens (tertiary/aromatic N) is 5. The van der Waals surface area contributed by atoms with E-state index in [0.717, 1.165) is 37.9 Å². The lowest BCUT2D eigenvalue weighted by Gasteiger charge is -2.41. The van der Waals surface area contributed by atoms with Crippen molar-refractivity contribution in [3.05, 3.63) is 54.1 Å². The van der Waals surface area contributed by atoms with Crippen LogP contribution in [0, 0.1) is 12.7 Å². The van der Waals surface area contributed by atoms with Gasteiger partial charge in [-0.2, -0.15) is 0 Å². The average molecular weight is 564 g/mol. The fourth-order valence-corrected chi connectivity index (χ4v) is 5.23. The molecule has 218 valence electrons. The predicted molar refractivity (Wildman–Crippen MR) is 154 cm³/mol. The fraction of sp³-hybridized carbons (Fsp3) is 0.484. The number of pyridine rings is 1. The van der Waals surface area contributed by atoms with Gasteiger partial charge in [0.1, 0.15) is 17.2 Å². The van der Waals surface area contributed by atoms with Crippen molar-refractivity contribution in [1.82, 2.24) is 20.1 Å². The summed E-state index contributed by atoms with van der Waals surface area (Å²) in [5, 5.41) is 8.91. The molecular formula is C31H38FN5O4. The van der Waals surface area contributed by atoms with E-state index in [1.165, 1.54) is 13.2 Å². The van der Waals surface area contributed by atoms with Crippen LogP contribution in [0.4, 0.5) is 15.0 Å². The maximum absolute atomic E-state index is 15.3. The molecule has 1 saturated carbocycles. The van der Waals surface area contributed by atoms with E-state index in [9.17, 15) is 4.79 Å². The van der Waals surface area contributed by atoms with Crippen LogP contribution in [0.15, 0.2) is 42.6 Å². The van der Waals surface area contributed by atoms with Crippen LogP contribution >= 0.6 is 0 Å². The van der Waals surface area contributed by atoms with Gasteiger partial charge in [0, 0.05) is 54.8 Å². The maximum atomic E-state index is 15.3. The zero-order valence-corrected chi connectivity index (χ0v) is 24.4. The number of hydrogen-bond acceptors (Lipinski definition) is 8. The van der Waals surface area contributed by atoms with Crippen molar-refractivity contribution in [3.8, 4) is 28.1 Å². The summed E-state index contributed by atoms with van der Waals surface area (Å²) in [6.07, 6.45) is 5.37. The normalized spacial score (nSPS) is 17.3. The summed E-state index contributed by atoms with van der Waals surface area (Å²) < 4.78 is 32.0. The Bertz CT molecular complexity index is 1360. The number of rotatable bonds is 8. The zero-order chi connectivity index (χ0) is 29.1. The van der Waals surface area contributed by atoms with Crippen LogP contribution in [0.3, 0.4) is 0 Å². The van der Waals surface area contributed by atoms with Gasteiger partial charge in [-0.15, -0.1) is 10.2 Å². The highest BCUT2D eigenvalue weighted by Gasteiger charge is 2.40. The van der Waals surface area contributed by atoms with Crippen molar-refractivity contribution < 1.29 is 23.4 Å². The van der Waals surface area contributed by atoms with Crippen molar-refractivity contribution in [1.29, 1.82) is 0 Å². The number of benzene rings is 1. The van der Waals surface area contributed by atoms with E-state index in [1.807, 2.05) is 56.9 Å². The molecule has 1 aromatic carbocycles. The summed E-state index contributed by atoms with van der Waals surface area (Å²) in [6, 6.07) is 10.7. The molecule has 3 heterocycles. The Morgan fingerprint density at radius 3 is 2.49 bits per heavy atom. The molecule has 0 unspecified atom stereocenters. The number of ether oxygens (including phenoxy) is 3. The number of halogens is 1. The van der Waals surface area contributed by atoms with E-state index < -0.39 is 11.4 Å². The van der Waals surface area contributed by atoms with E-state index in [2.05, 4.69) is 20.1 Å². The molecule has 0 bridgehead atoms. The Morgan fingerprint density at radius 2 is 1.88 bits per heavy atom. The van der Waals surface area contributed by atoms with Crippen molar-refractivity contribution in [2.24, 2.45) is 0 Å². The number of carbonyl (C=O) groups is 1. The van der Waals surface area contributed by atoms with Crippen LogP contribution in [0.1, 0.15) is 52.1 Å². The lowest BCUT2D eigenvalue weighted by molar-refractivity contribution is -0.00351. The number of aromatic nitrogens is 3. The number of carbonyl (C=O) groups excluding carboxylic acids is 1. The summed E-state index contributed by atoms with van der Waals surface area (Å²) in [6.45, 7) is 8.97. The molecule has 10 heteroatoms. The summed E-state index contributed by atoms with van der Waals surface area (Å²) in [5.74, 6) is 0.721. The van der Waals surface area contributed by atoms with Crippen molar-refractivity contribution in [2.75, 3.05) is 31.9 Å². The van der Waals surface area contributed by atoms with Crippen LogP contribution in [-0.2, 0) is 9.47 Å². The molecular weight excluding hydrogens is 525 g/mol. The van der Waals surface area contributed by atoms with Crippen molar-refractivity contribution in [3.63, 3.8) is 0 Å². The molecule has 1 aliphatic carbocycles. The van der Waals surface area contributed by atoms with Crippen LogP contribution in [0.25, 0.3) is 22.4 Å². The molecule has 1 atom stereocenters. The molecule has 3 aromatic rings. The van der Waals surface area contributed by atoms with E-state index in [-0.39, 0.29) is 25.0 Å². The highest BCUT2D eigenvalue weighted by molar-refractivity contribution is 5.75. The minimum absolute atomic E-state index is 0.0000406. The molecule has 1 amide bonds. The molecule has 2 fully saturated rings. The Labute approximate surface area is 240 Å². The van der Waals surface area contributed by atoms with Gasteiger partial charge < -0.3 is 24.0 Å². The minimum Gasteiger partial charge on any atom is -0.467 e. The lowest BCUT2D eigenvalue weighted by atomic mass is 9.90. The molecule has 0 spiro atoms.